The number of hydrogen-bond donors (Lipinski definition) is 2. The van der Waals surface area contributed by atoms with Crippen molar-refractivity contribution in [2.24, 2.45) is 0 Å². The van der Waals surface area contributed by atoms with Gasteiger partial charge >= 0.3 is 0 Å². The molecule has 2 aromatic rings. The van der Waals surface area contributed by atoms with Crippen molar-refractivity contribution in [3.8, 4) is 11.5 Å². The van der Waals surface area contributed by atoms with Gasteiger partial charge in [-0.15, -0.1) is 11.6 Å². The van der Waals surface area contributed by atoms with Crippen LogP contribution in [0.4, 0.5) is 0 Å². The Morgan fingerprint density at radius 2 is 1.62 bits per heavy atom. The standard InChI is InChI=1S/C16H16ClNO3/c17-9-10-18(11-12-5-2-1-3-6-12)16(21)15-13(19)7-4-8-14(15)20/h1-8,19-20H,9-11H2. The lowest BCUT2D eigenvalue weighted by Gasteiger charge is -2.22. The fourth-order valence-electron chi connectivity index (χ4n) is 2.06. The molecule has 2 rings (SSSR count). The summed E-state index contributed by atoms with van der Waals surface area (Å²) < 4.78 is 0. The number of phenols is 2. The Morgan fingerprint density at radius 1 is 1.00 bits per heavy atom. The van der Waals surface area contributed by atoms with Crippen LogP contribution in [0.2, 0.25) is 0 Å². The molecule has 0 bridgehead atoms. The van der Waals surface area contributed by atoms with Gasteiger partial charge in [-0.3, -0.25) is 4.79 Å². The minimum absolute atomic E-state index is 0.0986. The Labute approximate surface area is 128 Å². The van der Waals surface area contributed by atoms with Gasteiger partial charge in [0.2, 0.25) is 0 Å². The molecule has 0 spiro atoms. The van der Waals surface area contributed by atoms with Crippen LogP contribution in [0.15, 0.2) is 48.5 Å². The fraction of sp³-hybridized carbons (Fsp3) is 0.188. The van der Waals surface area contributed by atoms with Crippen molar-refractivity contribution in [2.45, 2.75) is 6.54 Å². The molecule has 2 N–H and O–H groups in total. The summed E-state index contributed by atoms with van der Waals surface area (Å²) in [5.41, 5.74) is 0.851. The summed E-state index contributed by atoms with van der Waals surface area (Å²) in [6.45, 7) is 0.684. The maximum atomic E-state index is 12.5. The monoisotopic (exact) mass is 305 g/mol. The van der Waals surface area contributed by atoms with Gasteiger partial charge in [0.15, 0.2) is 0 Å². The zero-order valence-corrected chi connectivity index (χ0v) is 12.1. The minimum atomic E-state index is -0.449. The number of phenolic OH excluding ortho intramolecular Hbond substituents is 2. The predicted octanol–water partition coefficient (Wildman–Crippen LogP) is 2.98. The lowest BCUT2D eigenvalue weighted by molar-refractivity contribution is 0.0747. The van der Waals surface area contributed by atoms with Gasteiger partial charge in [-0.2, -0.15) is 0 Å². The number of benzene rings is 2. The van der Waals surface area contributed by atoms with Crippen LogP contribution in [-0.2, 0) is 6.54 Å². The molecule has 0 aliphatic rings. The predicted molar refractivity (Wildman–Crippen MR) is 81.7 cm³/mol. The van der Waals surface area contributed by atoms with E-state index in [1.807, 2.05) is 30.3 Å². The summed E-state index contributed by atoms with van der Waals surface area (Å²) in [7, 11) is 0. The first kappa shape index (κ1) is 15.2. The van der Waals surface area contributed by atoms with Crippen LogP contribution in [0.5, 0.6) is 11.5 Å². The summed E-state index contributed by atoms with van der Waals surface area (Å²) >= 11 is 5.75. The second-order valence-corrected chi connectivity index (χ2v) is 4.95. The zero-order valence-electron chi connectivity index (χ0n) is 11.4. The van der Waals surface area contributed by atoms with Crippen LogP contribution >= 0.6 is 11.6 Å². The molecule has 2 aromatic carbocycles. The largest absolute Gasteiger partial charge is 0.507 e. The lowest BCUT2D eigenvalue weighted by Crippen LogP contribution is -2.32. The number of halogens is 1. The smallest absolute Gasteiger partial charge is 0.261 e. The highest BCUT2D eigenvalue weighted by Crippen LogP contribution is 2.28. The molecule has 4 nitrogen and oxygen atoms in total. The van der Waals surface area contributed by atoms with E-state index in [0.29, 0.717) is 13.1 Å². The highest BCUT2D eigenvalue weighted by molar-refractivity contribution is 6.18. The first-order valence-corrected chi connectivity index (χ1v) is 7.07. The number of carbonyl (C=O) groups is 1. The van der Waals surface area contributed by atoms with Gasteiger partial charge < -0.3 is 15.1 Å². The molecule has 0 fully saturated rings. The van der Waals surface area contributed by atoms with Crippen LogP contribution in [0, 0.1) is 0 Å². The van der Waals surface area contributed by atoms with E-state index in [4.69, 9.17) is 11.6 Å². The zero-order chi connectivity index (χ0) is 15.2. The van der Waals surface area contributed by atoms with Crippen molar-refractivity contribution in [3.05, 3.63) is 59.7 Å². The van der Waals surface area contributed by atoms with E-state index in [-0.39, 0.29) is 22.9 Å². The number of amides is 1. The van der Waals surface area contributed by atoms with Crippen molar-refractivity contribution >= 4 is 17.5 Å². The van der Waals surface area contributed by atoms with E-state index in [2.05, 4.69) is 0 Å². The number of hydrogen-bond acceptors (Lipinski definition) is 3. The average molecular weight is 306 g/mol. The molecule has 0 saturated heterocycles. The van der Waals surface area contributed by atoms with Crippen LogP contribution < -0.4 is 0 Å². The quantitative estimate of drug-likeness (QED) is 0.835. The Morgan fingerprint density at radius 3 is 2.19 bits per heavy atom. The van der Waals surface area contributed by atoms with Crippen LogP contribution in [0.25, 0.3) is 0 Å². The van der Waals surface area contributed by atoms with Crippen molar-refractivity contribution in [2.75, 3.05) is 12.4 Å². The third-order valence-corrected chi connectivity index (χ3v) is 3.26. The second kappa shape index (κ2) is 6.99. The normalized spacial score (nSPS) is 10.3. The molecule has 0 saturated carbocycles. The topological polar surface area (TPSA) is 60.8 Å². The van der Waals surface area contributed by atoms with Gasteiger partial charge in [-0.25, -0.2) is 0 Å². The highest BCUT2D eigenvalue weighted by Gasteiger charge is 2.22. The van der Waals surface area contributed by atoms with Crippen LogP contribution in [-0.4, -0.2) is 33.4 Å². The third kappa shape index (κ3) is 3.67. The molecular formula is C16H16ClNO3. The molecule has 110 valence electrons. The van der Waals surface area contributed by atoms with Gasteiger partial charge in [-0.1, -0.05) is 36.4 Å². The molecule has 5 heteroatoms. The number of nitrogens with zero attached hydrogens (tertiary/aromatic N) is 1. The minimum Gasteiger partial charge on any atom is -0.507 e. The Kier molecular flexibility index (Phi) is 5.06. The van der Waals surface area contributed by atoms with E-state index in [1.165, 1.54) is 23.1 Å². The van der Waals surface area contributed by atoms with Gasteiger partial charge in [0, 0.05) is 19.0 Å². The van der Waals surface area contributed by atoms with E-state index in [9.17, 15) is 15.0 Å². The Hall–Kier alpha value is -2.20. The first-order valence-electron chi connectivity index (χ1n) is 6.53. The Bertz CT molecular complexity index is 596. The highest BCUT2D eigenvalue weighted by atomic mass is 35.5. The van der Waals surface area contributed by atoms with E-state index < -0.39 is 5.91 Å². The van der Waals surface area contributed by atoms with Crippen molar-refractivity contribution in [1.82, 2.24) is 4.90 Å². The summed E-state index contributed by atoms with van der Waals surface area (Å²) in [6, 6.07) is 13.7. The first-order chi connectivity index (χ1) is 10.1. The lowest BCUT2D eigenvalue weighted by atomic mass is 10.1. The summed E-state index contributed by atoms with van der Waals surface area (Å²) in [5, 5.41) is 19.6. The molecule has 0 unspecified atom stereocenters. The van der Waals surface area contributed by atoms with Gasteiger partial charge in [0.1, 0.15) is 17.1 Å². The molecule has 0 aliphatic carbocycles. The van der Waals surface area contributed by atoms with Crippen molar-refractivity contribution < 1.29 is 15.0 Å². The molecule has 21 heavy (non-hydrogen) atoms. The molecule has 0 aliphatic heterocycles. The molecule has 0 atom stereocenters. The fourth-order valence-corrected chi connectivity index (χ4v) is 2.27. The third-order valence-electron chi connectivity index (χ3n) is 3.09. The van der Waals surface area contributed by atoms with Crippen molar-refractivity contribution in [1.29, 1.82) is 0 Å². The molecule has 0 radical (unpaired) electrons. The van der Waals surface area contributed by atoms with E-state index >= 15 is 0 Å². The number of alkyl halides is 1. The average Bonchev–Trinajstić information content (AvgIpc) is 2.47. The van der Waals surface area contributed by atoms with Crippen LogP contribution in [0.1, 0.15) is 15.9 Å². The van der Waals surface area contributed by atoms with E-state index in [1.54, 1.807) is 0 Å². The maximum Gasteiger partial charge on any atom is 0.261 e. The molecule has 0 heterocycles. The second-order valence-electron chi connectivity index (χ2n) is 4.57. The van der Waals surface area contributed by atoms with Crippen LogP contribution in [0.3, 0.4) is 0 Å². The van der Waals surface area contributed by atoms with Crippen molar-refractivity contribution in [3.63, 3.8) is 0 Å². The van der Waals surface area contributed by atoms with Gasteiger partial charge in [-0.05, 0) is 17.7 Å². The maximum absolute atomic E-state index is 12.5. The molecular weight excluding hydrogens is 290 g/mol. The molecule has 1 amide bonds. The summed E-state index contributed by atoms with van der Waals surface area (Å²) in [4.78, 5) is 14.0. The number of aromatic hydroxyl groups is 2. The Balaban J connectivity index is 2.27. The van der Waals surface area contributed by atoms with Gasteiger partial charge in [0.05, 0.1) is 0 Å². The molecule has 0 aromatic heterocycles. The summed E-state index contributed by atoms with van der Waals surface area (Å²) in [6.07, 6.45) is 0. The van der Waals surface area contributed by atoms with Gasteiger partial charge in [0.25, 0.3) is 5.91 Å². The summed E-state index contributed by atoms with van der Waals surface area (Å²) in [5.74, 6) is -0.664. The number of rotatable bonds is 5. The van der Waals surface area contributed by atoms with E-state index in [0.717, 1.165) is 5.56 Å². The number of carbonyl (C=O) groups excluding carboxylic acids is 1. The SMILES string of the molecule is O=C(c1c(O)cccc1O)N(CCCl)Cc1ccccc1.